The summed E-state index contributed by atoms with van der Waals surface area (Å²) in [6.07, 6.45) is 0.296. The highest BCUT2D eigenvalue weighted by Gasteiger charge is 2.34. The van der Waals surface area contributed by atoms with Crippen molar-refractivity contribution < 1.29 is 19.9 Å². The summed E-state index contributed by atoms with van der Waals surface area (Å²) in [7, 11) is 0. The third-order valence-corrected chi connectivity index (χ3v) is 2.99. The van der Waals surface area contributed by atoms with E-state index in [0.29, 0.717) is 12.0 Å². The lowest BCUT2D eigenvalue weighted by Crippen LogP contribution is -2.31. The Morgan fingerprint density at radius 3 is 2.53 bits per heavy atom. The molecule has 1 rings (SSSR count). The van der Waals surface area contributed by atoms with Crippen molar-refractivity contribution >= 4 is 11.7 Å². The summed E-state index contributed by atoms with van der Waals surface area (Å²) in [6, 6.07) is 3.64. The van der Waals surface area contributed by atoms with Gasteiger partial charge in [0.15, 0.2) is 5.75 Å². The zero-order valence-corrected chi connectivity index (χ0v) is 9.51. The molecule has 0 radical (unpaired) electrons. The summed E-state index contributed by atoms with van der Waals surface area (Å²) >= 11 is 0. The second kappa shape index (κ2) is 4.40. The standard InChI is InChI=1S/C11H13NO5/c1-3-11(2,10(14)15)7-4-5-9(13)8(6-7)12(16)17/h4-6,13H,3H2,1-2H3,(H,14,15). The molecule has 6 nitrogen and oxygen atoms in total. The zero-order valence-electron chi connectivity index (χ0n) is 9.51. The summed E-state index contributed by atoms with van der Waals surface area (Å²) in [5.74, 6) is -1.53. The van der Waals surface area contributed by atoms with Crippen LogP contribution in [0.5, 0.6) is 5.75 Å². The number of nitrogens with zero attached hydrogens (tertiary/aromatic N) is 1. The van der Waals surface area contributed by atoms with E-state index in [2.05, 4.69) is 0 Å². The normalized spacial score (nSPS) is 14.0. The summed E-state index contributed by atoms with van der Waals surface area (Å²) < 4.78 is 0. The predicted molar refractivity (Wildman–Crippen MR) is 60.0 cm³/mol. The largest absolute Gasteiger partial charge is 0.502 e. The van der Waals surface area contributed by atoms with Crippen LogP contribution in [0.1, 0.15) is 25.8 Å². The van der Waals surface area contributed by atoms with Gasteiger partial charge in [0, 0.05) is 6.07 Å². The molecule has 0 amide bonds. The SMILES string of the molecule is CCC(C)(C(=O)O)c1ccc(O)c([N+](=O)[O-])c1. The minimum Gasteiger partial charge on any atom is -0.502 e. The number of carboxylic acids is 1. The van der Waals surface area contributed by atoms with Crippen molar-refractivity contribution in [1.82, 2.24) is 0 Å². The van der Waals surface area contributed by atoms with Crippen molar-refractivity contribution in [3.05, 3.63) is 33.9 Å². The first-order valence-electron chi connectivity index (χ1n) is 5.04. The van der Waals surface area contributed by atoms with Crippen LogP contribution >= 0.6 is 0 Å². The van der Waals surface area contributed by atoms with Crippen molar-refractivity contribution in [2.45, 2.75) is 25.7 Å². The highest BCUT2D eigenvalue weighted by atomic mass is 16.6. The van der Waals surface area contributed by atoms with Crippen molar-refractivity contribution in [2.75, 3.05) is 0 Å². The van der Waals surface area contributed by atoms with Crippen molar-refractivity contribution in [1.29, 1.82) is 0 Å². The number of aromatic hydroxyl groups is 1. The number of rotatable bonds is 4. The second-order valence-corrected chi connectivity index (χ2v) is 3.95. The van der Waals surface area contributed by atoms with Crippen LogP contribution in [0, 0.1) is 10.1 Å². The van der Waals surface area contributed by atoms with E-state index in [4.69, 9.17) is 5.11 Å². The number of phenolic OH excluding ortho intramolecular Hbond substituents is 1. The maximum absolute atomic E-state index is 11.2. The average molecular weight is 239 g/mol. The van der Waals surface area contributed by atoms with Gasteiger partial charge in [-0.15, -0.1) is 0 Å². The molecule has 1 aromatic rings. The second-order valence-electron chi connectivity index (χ2n) is 3.95. The van der Waals surface area contributed by atoms with Crippen molar-refractivity contribution in [3.8, 4) is 5.75 Å². The summed E-state index contributed by atoms with van der Waals surface area (Å²) in [5.41, 5.74) is -1.38. The van der Waals surface area contributed by atoms with Crippen LogP contribution < -0.4 is 0 Å². The van der Waals surface area contributed by atoms with Crippen molar-refractivity contribution in [3.63, 3.8) is 0 Å². The Hall–Kier alpha value is -2.11. The molecule has 0 aliphatic heterocycles. The highest BCUT2D eigenvalue weighted by Crippen LogP contribution is 2.34. The fourth-order valence-corrected chi connectivity index (χ4v) is 1.49. The number of nitro groups is 1. The van der Waals surface area contributed by atoms with Gasteiger partial charge in [-0.05, 0) is 25.0 Å². The van der Waals surface area contributed by atoms with Gasteiger partial charge in [-0.1, -0.05) is 13.0 Å². The van der Waals surface area contributed by atoms with E-state index in [1.807, 2.05) is 0 Å². The van der Waals surface area contributed by atoms with Gasteiger partial charge in [-0.2, -0.15) is 0 Å². The molecule has 1 aromatic carbocycles. The Morgan fingerprint density at radius 1 is 1.53 bits per heavy atom. The highest BCUT2D eigenvalue weighted by molar-refractivity contribution is 5.81. The van der Waals surface area contributed by atoms with Crippen LogP contribution in [0.4, 0.5) is 5.69 Å². The molecule has 0 heterocycles. The molecule has 0 fully saturated rings. The molecular formula is C11H13NO5. The fraction of sp³-hybridized carbons (Fsp3) is 0.364. The van der Waals surface area contributed by atoms with Crippen LogP contribution in [-0.4, -0.2) is 21.1 Å². The van der Waals surface area contributed by atoms with Gasteiger partial charge < -0.3 is 10.2 Å². The number of phenols is 1. The van der Waals surface area contributed by atoms with E-state index in [-0.39, 0.29) is 0 Å². The molecule has 0 aromatic heterocycles. The minimum atomic E-state index is -1.20. The molecule has 6 heteroatoms. The van der Waals surface area contributed by atoms with E-state index in [1.165, 1.54) is 13.0 Å². The van der Waals surface area contributed by atoms with E-state index in [9.17, 15) is 20.0 Å². The van der Waals surface area contributed by atoms with E-state index in [0.717, 1.165) is 12.1 Å². The topological polar surface area (TPSA) is 101 Å². The molecule has 0 spiro atoms. The molecular weight excluding hydrogens is 226 g/mol. The molecule has 0 saturated heterocycles. The molecule has 0 aliphatic carbocycles. The Balaban J connectivity index is 3.37. The number of nitro benzene ring substituents is 1. The Kier molecular flexibility index (Phi) is 3.36. The monoisotopic (exact) mass is 239 g/mol. The number of hydrogen-bond acceptors (Lipinski definition) is 4. The van der Waals surface area contributed by atoms with Crippen molar-refractivity contribution in [2.24, 2.45) is 0 Å². The van der Waals surface area contributed by atoms with Gasteiger partial charge in [0.25, 0.3) is 0 Å². The van der Waals surface area contributed by atoms with Gasteiger partial charge in [0.2, 0.25) is 0 Å². The first-order valence-corrected chi connectivity index (χ1v) is 5.04. The molecule has 2 N–H and O–H groups in total. The van der Waals surface area contributed by atoms with Gasteiger partial charge in [0.05, 0.1) is 10.3 Å². The maximum Gasteiger partial charge on any atom is 0.313 e. The summed E-state index contributed by atoms with van der Waals surface area (Å²) in [6.45, 7) is 3.18. The van der Waals surface area contributed by atoms with E-state index >= 15 is 0 Å². The number of aliphatic carboxylic acids is 1. The predicted octanol–water partition coefficient (Wildman–Crippen LogP) is 2.05. The Labute approximate surface area is 97.7 Å². The fourth-order valence-electron chi connectivity index (χ4n) is 1.49. The first-order chi connectivity index (χ1) is 7.82. The van der Waals surface area contributed by atoms with Gasteiger partial charge in [-0.25, -0.2) is 0 Å². The number of carboxylic acid groups (broad SMARTS) is 1. The van der Waals surface area contributed by atoms with Gasteiger partial charge >= 0.3 is 11.7 Å². The molecule has 1 unspecified atom stereocenters. The number of benzene rings is 1. The molecule has 17 heavy (non-hydrogen) atoms. The van der Waals surface area contributed by atoms with Crippen LogP contribution in [-0.2, 0) is 10.2 Å². The molecule has 0 saturated carbocycles. The quantitative estimate of drug-likeness (QED) is 0.618. The van der Waals surface area contributed by atoms with Gasteiger partial charge in [0.1, 0.15) is 0 Å². The minimum absolute atomic E-state index is 0.296. The third kappa shape index (κ3) is 2.20. The lowest BCUT2D eigenvalue weighted by atomic mass is 9.80. The molecule has 0 bridgehead atoms. The number of carbonyl (C=O) groups is 1. The van der Waals surface area contributed by atoms with Gasteiger partial charge in [-0.3, -0.25) is 14.9 Å². The van der Waals surface area contributed by atoms with Crippen LogP contribution in [0.2, 0.25) is 0 Å². The third-order valence-electron chi connectivity index (χ3n) is 2.99. The maximum atomic E-state index is 11.2. The average Bonchev–Trinajstić information content (AvgIpc) is 2.27. The summed E-state index contributed by atoms with van der Waals surface area (Å²) in [5, 5.41) is 29.1. The molecule has 92 valence electrons. The Morgan fingerprint density at radius 2 is 2.12 bits per heavy atom. The number of hydrogen-bond donors (Lipinski definition) is 2. The first kappa shape index (κ1) is 13.0. The lowest BCUT2D eigenvalue weighted by molar-refractivity contribution is -0.386. The lowest BCUT2D eigenvalue weighted by Gasteiger charge is -2.23. The van der Waals surface area contributed by atoms with E-state index < -0.39 is 27.7 Å². The van der Waals surface area contributed by atoms with Crippen LogP contribution in [0.25, 0.3) is 0 Å². The molecule has 1 atom stereocenters. The smallest absolute Gasteiger partial charge is 0.313 e. The Bertz CT molecular complexity index is 471. The van der Waals surface area contributed by atoms with Crippen LogP contribution in [0.15, 0.2) is 18.2 Å². The summed E-state index contributed by atoms with van der Waals surface area (Å²) in [4.78, 5) is 21.1. The van der Waals surface area contributed by atoms with E-state index in [1.54, 1.807) is 6.92 Å². The molecule has 0 aliphatic rings. The zero-order chi connectivity index (χ0) is 13.2. The van der Waals surface area contributed by atoms with Crippen LogP contribution in [0.3, 0.4) is 0 Å².